The molecule has 12 heavy (non-hydrogen) atoms. The van der Waals surface area contributed by atoms with Gasteiger partial charge in [0.1, 0.15) is 5.82 Å². The minimum Gasteiger partial charge on any atom is -0.445 e. The summed E-state index contributed by atoms with van der Waals surface area (Å²) in [5, 5.41) is -0.706. The normalized spacial score (nSPS) is 11.8. The molecule has 0 radical (unpaired) electrons. The summed E-state index contributed by atoms with van der Waals surface area (Å²) in [5.41, 5.74) is -1.41. The van der Waals surface area contributed by atoms with Crippen molar-refractivity contribution in [2.24, 2.45) is 0 Å². The van der Waals surface area contributed by atoms with Crippen LogP contribution < -0.4 is 5.46 Å². The largest absolute Gasteiger partial charge is 0.514 e. The van der Waals surface area contributed by atoms with Gasteiger partial charge in [-0.1, -0.05) is 17.1 Å². The molecule has 0 atom stereocenters. The van der Waals surface area contributed by atoms with Crippen molar-refractivity contribution in [1.29, 1.82) is 0 Å². The topological polar surface area (TPSA) is 12.9 Å². The molecule has 0 aliphatic heterocycles. The third-order valence-electron chi connectivity index (χ3n) is 1.22. The average Bonchev–Trinajstić information content (AvgIpc) is 1.82. The Balaban J connectivity index is 3.31. The molecule has 0 fully saturated rings. The summed E-state index contributed by atoms with van der Waals surface area (Å²) in [6.07, 6.45) is 1.24. The first-order valence-electron chi connectivity index (χ1n) is 2.92. The van der Waals surface area contributed by atoms with Gasteiger partial charge in [0.2, 0.25) is 0 Å². The van der Waals surface area contributed by atoms with E-state index in [1.807, 2.05) is 0 Å². The maximum Gasteiger partial charge on any atom is 0.514 e. The van der Waals surface area contributed by atoms with E-state index in [0.717, 1.165) is 6.20 Å². The Morgan fingerprint density at radius 3 is 2.17 bits per heavy atom. The lowest BCUT2D eigenvalue weighted by molar-refractivity contribution is 0.493. The van der Waals surface area contributed by atoms with Crippen LogP contribution in [0.25, 0.3) is 0 Å². The minimum atomic E-state index is -5.40. The van der Waals surface area contributed by atoms with E-state index >= 15 is 0 Å². The predicted molar refractivity (Wildman–Crippen MR) is 37.9 cm³/mol. The van der Waals surface area contributed by atoms with Crippen molar-refractivity contribution in [3.05, 3.63) is 23.2 Å². The molecule has 0 aromatic carbocycles. The summed E-state index contributed by atoms with van der Waals surface area (Å²) >= 11 is 5.11. The summed E-state index contributed by atoms with van der Waals surface area (Å²) in [6.45, 7) is -5.40. The fourth-order valence-electron chi connectivity index (χ4n) is 0.734. The van der Waals surface area contributed by atoms with Crippen molar-refractivity contribution < 1.29 is 17.3 Å². The highest BCUT2D eigenvalue weighted by Crippen LogP contribution is 2.16. The highest BCUT2D eigenvalue weighted by Gasteiger charge is 2.31. The molecule has 0 bridgehead atoms. The van der Waals surface area contributed by atoms with Gasteiger partial charge in [-0.25, -0.2) is 4.39 Å². The molecule has 0 spiro atoms. The number of hydrogen-bond donors (Lipinski definition) is 0. The molecular weight excluding hydrogens is 196 g/mol. The van der Waals surface area contributed by atoms with Crippen LogP contribution in [0.15, 0.2) is 12.4 Å². The van der Waals surface area contributed by atoms with Crippen LogP contribution in [0.5, 0.6) is 0 Å². The molecule has 0 amide bonds. The summed E-state index contributed by atoms with van der Waals surface area (Å²) in [6, 6.07) is 0. The van der Waals surface area contributed by atoms with E-state index in [-0.39, 0.29) is 0 Å². The van der Waals surface area contributed by atoms with E-state index in [0.29, 0.717) is 6.20 Å². The molecule has 1 aromatic rings. The van der Waals surface area contributed by atoms with Crippen molar-refractivity contribution >= 4 is 24.0 Å². The maximum absolute atomic E-state index is 12.5. The zero-order valence-corrected chi connectivity index (χ0v) is 6.33. The first-order valence-corrected chi connectivity index (χ1v) is 3.29. The van der Waals surface area contributed by atoms with Crippen molar-refractivity contribution in [2.75, 3.05) is 0 Å². The Labute approximate surface area is 70.4 Å². The average molecular weight is 198 g/mol. The van der Waals surface area contributed by atoms with Gasteiger partial charge in [0.15, 0.2) is 0 Å². The second-order valence-electron chi connectivity index (χ2n) is 2.09. The first kappa shape index (κ1) is 9.31. The molecule has 7 heteroatoms. The maximum atomic E-state index is 12.5. The Morgan fingerprint density at radius 1 is 1.25 bits per heavy atom. The van der Waals surface area contributed by atoms with Crippen molar-refractivity contribution in [2.45, 2.75) is 0 Å². The van der Waals surface area contributed by atoms with Gasteiger partial charge in [0, 0.05) is 11.2 Å². The lowest BCUT2D eigenvalue weighted by Crippen LogP contribution is -2.37. The monoisotopic (exact) mass is 198 g/mol. The molecule has 0 saturated carbocycles. The molecule has 1 aromatic heterocycles. The van der Waals surface area contributed by atoms with Gasteiger partial charge in [0.25, 0.3) is 0 Å². The Kier molecular flexibility index (Phi) is 2.28. The van der Waals surface area contributed by atoms with E-state index in [4.69, 9.17) is 11.6 Å². The summed E-state index contributed by atoms with van der Waals surface area (Å²) in [7, 11) is 0. The van der Waals surface area contributed by atoms with Crippen molar-refractivity contribution in [3.63, 3.8) is 0 Å². The van der Waals surface area contributed by atoms with E-state index < -0.39 is 23.3 Å². The molecule has 66 valence electrons. The third kappa shape index (κ3) is 1.69. The van der Waals surface area contributed by atoms with Gasteiger partial charge >= 0.3 is 6.98 Å². The lowest BCUT2D eigenvalue weighted by Gasteiger charge is -2.16. The quantitative estimate of drug-likeness (QED) is 0.496. The molecule has 1 rings (SSSR count). The van der Waals surface area contributed by atoms with Crippen LogP contribution in [0.2, 0.25) is 5.02 Å². The van der Waals surface area contributed by atoms with Gasteiger partial charge < -0.3 is 12.9 Å². The van der Waals surface area contributed by atoms with Crippen LogP contribution in [-0.2, 0) is 0 Å². The second kappa shape index (κ2) is 2.93. The van der Waals surface area contributed by atoms with Crippen LogP contribution >= 0.6 is 11.6 Å². The van der Waals surface area contributed by atoms with E-state index in [1.54, 1.807) is 0 Å². The number of halogens is 5. The number of nitrogens with zero attached hydrogens (tertiary/aromatic N) is 1. The van der Waals surface area contributed by atoms with Gasteiger partial charge in [-0.15, -0.1) is 0 Å². The fourth-order valence-corrected chi connectivity index (χ4v) is 1.00. The first-order chi connectivity index (χ1) is 5.43. The third-order valence-corrected chi connectivity index (χ3v) is 1.52. The van der Waals surface area contributed by atoms with Gasteiger partial charge in [0.05, 0.1) is 6.20 Å². The SMILES string of the molecule is Fc1cncc(Cl)c1[B-](F)(F)F. The Morgan fingerprint density at radius 2 is 1.83 bits per heavy atom. The molecule has 0 aliphatic rings. The summed E-state index contributed by atoms with van der Waals surface area (Å²) in [4.78, 5) is 3.16. The van der Waals surface area contributed by atoms with E-state index in [1.165, 1.54) is 0 Å². The van der Waals surface area contributed by atoms with Crippen LogP contribution in [-0.4, -0.2) is 12.0 Å². The van der Waals surface area contributed by atoms with E-state index in [2.05, 4.69) is 4.98 Å². The molecule has 0 aliphatic carbocycles. The molecule has 0 saturated heterocycles. The number of aromatic nitrogens is 1. The highest BCUT2D eigenvalue weighted by atomic mass is 35.5. The Bertz CT molecular complexity index is 280. The number of pyridine rings is 1. The summed E-state index contributed by atoms with van der Waals surface area (Å²) in [5.74, 6) is -1.44. The zero-order chi connectivity index (χ0) is 9.35. The minimum absolute atomic E-state index is 0.483. The lowest BCUT2D eigenvalue weighted by atomic mass is 9.80. The van der Waals surface area contributed by atoms with Crippen molar-refractivity contribution in [3.8, 4) is 0 Å². The second-order valence-corrected chi connectivity index (χ2v) is 2.50. The van der Waals surface area contributed by atoms with Crippen LogP contribution in [0.3, 0.4) is 0 Å². The van der Waals surface area contributed by atoms with Crippen LogP contribution in [0, 0.1) is 5.82 Å². The van der Waals surface area contributed by atoms with Crippen LogP contribution in [0.4, 0.5) is 17.3 Å². The summed E-state index contributed by atoms with van der Waals surface area (Å²) < 4.78 is 48.6. The van der Waals surface area contributed by atoms with Crippen molar-refractivity contribution in [1.82, 2.24) is 4.98 Å². The standard InChI is InChI=1S/C5H2BClF4N/c7-3-1-12-2-4(8)5(3)6(9,10)11/h1-2H/q-1. The smallest absolute Gasteiger partial charge is 0.445 e. The molecule has 1 nitrogen and oxygen atoms in total. The Hall–Kier alpha value is -0.775. The predicted octanol–water partition coefficient (Wildman–Crippen LogP) is 1.93. The molecule has 0 unspecified atom stereocenters. The highest BCUT2D eigenvalue weighted by molar-refractivity contribution is 6.76. The molecule has 0 N–H and O–H groups in total. The van der Waals surface area contributed by atoms with Crippen LogP contribution in [0.1, 0.15) is 0 Å². The molecule has 1 heterocycles. The van der Waals surface area contributed by atoms with E-state index in [9.17, 15) is 17.3 Å². The van der Waals surface area contributed by atoms with Gasteiger partial charge in [-0.05, 0) is 0 Å². The zero-order valence-electron chi connectivity index (χ0n) is 5.57. The van der Waals surface area contributed by atoms with Gasteiger partial charge in [-0.2, -0.15) is 0 Å². The molecular formula is C5H2BClF4N-. The number of rotatable bonds is 1. The fraction of sp³-hybridized carbons (Fsp3) is 0. The van der Waals surface area contributed by atoms with Gasteiger partial charge in [-0.3, -0.25) is 4.98 Å². The number of hydrogen-bond acceptors (Lipinski definition) is 1.